The van der Waals surface area contributed by atoms with Gasteiger partial charge in [-0.25, -0.2) is 4.98 Å². The molecule has 4 heterocycles. The van der Waals surface area contributed by atoms with Crippen LogP contribution >= 0.6 is 11.6 Å². The average Bonchev–Trinajstić information content (AvgIpc) is 3.57. The number of benzene rings is 1. The summed E-state index contributed by atoms with van der Waals surface area (Å²) >= 11 is 6.51. The molecule has 1 aliphatic heterocycles. The van der Waals surface area contributed by atoms with Crippen LogP contribution < -0.4 is 5.32 Å². The lowest BCUT2D eigenvalue weighted by Gasteiger charge is -2.39. The van der Waals surface area contributed by atoms with E-state index in [9.17, 15) is 13.2 Å². The third-order valence-electron chi connectivity index (χ3n) is 7.20. The van der Waals surface area contributed by atoms with E-state index in [1.54, 1.807) is 25.3 Å². The predicted octanol–water partition coefficient (Wildman–Crippen LogP) is 7.47. The van der Waals surface area contributed by atoms with Crippen LogP contribution in [0.15, 0.2) is 42.7 Å². The lowest BCUT2D eigenvalue weighted by atomic mass is 9.77. The highest BCUT2D eigenvalue weighted by atomic mass is 35.5. The van der Waals surface area contributed by atoms with Crippen LogP contribution in [0, 0.1) is 5.41 Å². The lowest BCUT2D eigenvalue weighted by molar-refractivity contribution is -0.140. The molecule has 1 aliphatic rings. The first-order chi connectivity index (χ1) is 17.9. The molecule has 0 radical (unpaired) electrons. The normalized spacial score (nSPS) is 17.2. The van der Waals surface area contributed by atoms with E-state index in [0.29, 0.717) is 23.0 Å². The summed E-state index contributed by atoms with van der Waals surface area (Å²) in [5, 5.41) is 13.5. The molecule has 7 nitrogen and oxygen atoms in total. The number of alkyl halides is 3. The summed E-state index contributed by atoms with van der Waals surface area (Å²) < 4.78 is 45.1. The Morgan fingerprint density at radius 1 is 1.18 bits per heavy atom. The molecule has 1 unspecified atom stereocenters. The van der Waals surface area contributed by atoms with Crippen molar-refractivity contribution in [2.24, 2.45) is 5.41 Å². The SMILES string of the molecule is CCn1cc(C(F)(F)F)nc1-c1ccc(NC2c3cc(-c4c(Cl)cnn4C(C)C)nn3CCC2(C)C)cc1. The van der Waals surface area contributed by atoms with E-state index in [2.05, 4.69) is 49.2 Å². The van der Waals surface area contributed by atoms with Crippen LogP contribution in [0.25, 0.3) is 22.8 Å². The second-order valence-electron chi connectivity index (χ2n) is 10.7. The van der Waals surface area contributed by atoms with E-state index in [1.165, 1.54) is 4.57 Å². The Hall–Kier alpha value is -3.27. The summed E-state index contributed by atoms with van der Waals surface area (Å²) in [5.41, 5.74) is 3.15. The Balaban J connectivity index is 1.45. The lowest BCUT2D eigenvalue weighted by Crippen LogP contribution is -2.36. The monoisotopic (exact) mass is 545 g/mol. The van der Waals surface area contributed by atoms with Gasteiger partial charge >= 0.3 is 6.18 Å². The zero-order valence-electron chi connectivity index (χ0n) is 22.0. The number of halogens is 4. The van der Waals surface area contributed by atoms with Gasteiger partial charge in [0.1, 0.15) is 17.2 Å². The molecule has 0 amide bonds. The van der Waals surface area contributed by atoms with Gasteiger partial charge in [0.05, 0.1) is 23.0 Å². The number of aromatic nitrogens is 6. The zero-order chi connectivity index (χ0) is 27.4. The first-order valence-electron chi connectivity index (χ1n) is 12.7. The highest BCUT2D eigenvalue weighted by molar-refractivity contribution is 6.32. The summed E-state index contributed by atoms with van der Waals surface area (Å²) in [7, 11) is 0. The van der Waals surface area contributed by atoms with E-state index in [4.69, 9.17) is 16.7 Å². The fourth-order valence-corrected chi connectivity index (χ4v) is 5.27. The number of aryl methyl sites for hydroxylation is 2. The van der Waals surface area contributed by atoms with Crippen LogP contribution in [0.5, 0.6) is 0 Å². The molecule has 5 rings (SSSR count). The predicted molar refractivity (Wildman–Crippen MR) is 142 cm³/mol. The molecule has 1 atom stereocenters. The van der Waals surface area contributed by atoms with Gasteiger partial charge in [0.2, 0.25) is 0 Å². The van der Waals surface area contributed by atoms with Gasteiger partial charge in [-0.05, 0) is 62.9 Å². The molecule has 0 spiro atoms. The highest BCUT2D eigenvalue weighted by Crippen LogP contribution is 2.44. The first kappa shape index (κ1) is 26.3. The van der Waals surface area contributed by atoms with Crippen molar-refractivity contribution in [3.63, 3.8) is 0 Å². The molecule has 0 fully saturated rings. The minimum atomic E-state index is -4.48. The van der Waals surface area contributed by atoms with Crippen LogP contribution in [0.2, 0.25) is 5.02 Å². The zero-order valence-corrected chi connectivity index (χ0v) is 22.8. The second kappa shape index (κ2) is 9.48. The molecular weight excluding hydrogens is 515 g/mol. The number of rotatable bonds is 6. The number of nitrogens with one attached hydrogen (secondary N) is 1. The van der Waals surface area contributed by atoms with Gasteiger partial charge in [0.15, 0.2) is 5.69 Å². The van der Waals surface area contributed by atoms with Crippen LogP contribution in [0.3, 0.4) is 0 Å². The van der Waals surface area contributed by atoms with Crippen molar-refractivity contribution in [1.82, 2.24) is 29.1 Å². The van der Waals surface area contributed by atoms with Crippen LogP contribution in [0.4, 0.5) is 18.9 Å². The quantitative estimate of drug-likeness (QED) is 0.273. The van der Waals surface area contributed by atoms with Crippen LogP contribution in [0.1, 0.15) is 64.5 Å². The van der Waals surface area contributed by atoms with Gasteiger partial charge < -0.3 is 9.88 Å². The second-order valence-corrected chi connectivity index (χ2v) is 11.1. The summed E-state index contributed by atoms with van der Waals surface area (Å²) in [6.07, 6.45) is -0.857. The van der Waals surface area contributed by atoms with Crippen LogP contribution in [-0.2, 0) is 19.3 Å². The van der Waals surface area contributed by atoms with Gasteiger partial charge in [0, 0.05) is 36.6 Å². The molecule has 4 aromatic rings. The van der Waals surface area contributed by atoms with Crippen molar-refractivity contribution in [2.75, 3.05) is 5.32 Å². The Morgan fingerprint density at radius 3 is 2.53 bits per heavy atom. The molecule has 1 N–H and O–H groups in total. The Labute approximate surface area is 224 Å². The third-order valence-corrected chi connectivity index (χ3v) is 7.48. The maximum atomic E-state index is 13.2. The Morgan fingerprint density at radius 2 is 1.89 bits per heavy atom. The fraction of sp³-hybridized carbons (Fsp3) is 0.444. The number of nitrogens with zero attached hydrogens (tertiary/aromatic N) is 6. The number of anilines is 1. The van der Waals surface area contributed by atoms with Gasteiger partial charge in [-0.1, -0.05) is 25.4 Å². The summed E-state index contributed by atoms with van der Waals surface area (Å²) in [6, 6.07) is 9.53. The van der Waals surface area contributed by atoms with Crippen molar-refractivity contribution in [3.8, 4) is 22.8 Å². The molecule has 11 heteroatoms. The largest absolute Gasteiger partial charge is 0.434 e. The molecule has 0 aliphatic carbocycles. The summed E-state index contributed by atoms with van der Waals surface area (Å²) in [4.78, 5) is 3.86. The van der Waals surface area contributed by atoms with Gasteiger partial charge in [-0.2, -0.15) is 23.4 Å². The molecule has 3 aromatic heterocycles. The van der Waals surface area contributed by atoms with E-state index in [-0.39, 0.29) is 17.5 Å². The third kappa shape index (κ3) is 4.70. The number of hydrogen-bond acceptors (Lipinski definition) is 4. The van der Waals surface area contributed by atoms with E-state index in [1.807, 2.05) is 21.5 Å². The molecule has 0 bridgehead atoms. The van der Waals surface area contributed by atoms with E-state index >= 15 is 0 Å². The standard InChI is InChI=1S/C27H31ClF3N7/c1-6-36-15-22(27(29,30)31)34-25(36)17-7-9-18(10-8-17)33-24-21-13-20(35-37(21)12-11-26(24,4)5)23-19(28)14-32-38(23)16(2)3/h7-10,13-16,24,33H,6,11-12H2,1-5H3. The average molecular weight is 546 g/mol. The Kier molecular flexibility index (Phi) is 6.57. The molecule has 1 aromatic carbocycles. The van der Waals surface area contributed by atoms with Crippen molar-refractivity contribution in [3.05, 3.63) is 59.1 Å². The summed E-state index contributed by atoms with van der Waals surface area (Å²) in [5.74, 6) is 0.297. The van der Waals surface area contributed by atoms with Gasteiger partial charge in [-0.3, -0.25) is 9.36 Å². The minimum Gasteiger partial charge on any atom is -0.376 e. The van der Waals surface area contributed by atoms with E-state index < -0.39 is 11.9 Å². The van der Waals surface area contributed by atoms with Crippen molar-refractivity contribution >= 4 is 17.3 Å². The van der Waals surface area contributed by atoms with Crippen molar-refractivity contribution in [2.45, 2.75) is 72.4 Å². The molecular formula is C27H31ClF3N7. The molecule has 38 heavy (non-hydrogen) atoms. The van der Waals surface area contributed by atoms with Crippen LogP contribution in [-0.4, -0.2) is 29.1 Å². The summed E-state index contributed by atoms with van der Waals surface area (Å²) in [6.45, 7) is 11.5. The van der Waals surface area contributed by atoms with Gasteiger partial charge in [0.25, 0.3) is 0 Å². The highest BCUT2D eigenvalue weighted by Gasteiger charge is 2.38. The number of hydrogen-bond donors (Lipinski definition) is 1. The van der Waals surface area contributed by atoms with Crippen molar-refractivity contribution < 1.29 is 13.2 Å². The van der Waals surface area contributed by atoms with Gasteiger partial charge in [-0.15, -0.1) is 0 Å². The maximum Gasteiger partial charge on any atom is 0.434 e. The smallest absolute Gasteiger partial charge is 0.376 e. The van der Waals surface area contributed by atoms with E-state index in [0.717, 1.165) is 41.9 Å². The first-order valence-corrected chi connectivity index (χ1v) is 13.1. The number of imidazole rings is 1. The maximum absolute atomic E-state index is 13.2. The van der Waals surface area contributed by atoms with Crippen molar-refractivity contribution in [1.29, 1.82) is 0 Å². The Bertz CT molecular complexity index is 1440. The molecule has 202 valence electrons. The number of fused-ring (bicyclic) bond motifs is 1. The minimum absolute atomic E-state index is 0.0491. The molecule has 0 saturated carbocycles. The molecule has 0 saturated heterocycles. The fourth-order valence-electron chi connectivity index (χ4n) is 5.05. The topological polar surface area (TPSA) is 65.5 Å².